The summed E-state index contributed by atoms with van der Waals surface area (Å²) in [6, 6.07) is 8.33. The van der Waals surface area contributed by atoms with Gasteiger partial charge in [-0.05, 0) is 25.5 Å². The largest absolute Gasteiger partial charge is 0.488 e. The average molecular weight is 272 g/mol. The summed E-state index contributed by atoms with van der Waals surface area (Å²) >= 11 is 0. The SMILES string of the molecule is CC(C)n1ncnc1CC(N)C1Cc2ccccc2O1. The number of rotatable bonds is 4. The predicted octanol–water partition coefficient (Wildman–Crippen LogP) is 1.73. The third kappa shape index (κ3) is 2.41. The molecule has 1 aliphatic heterocycles. The van der Waals surface area contributed by atoms with Crippen LogP contribution in [0.5, 0.6) is 5.75 Å². The number of fused-ring (bicyclic) bond motifs is 1. The molecule has 1 aliphatic rings. The van der Waals surface area contributed by atoms with Crippen molar-refractivity contribution in [1.82, 2.24) is 14.8 Å². The summed E-state index contributed by atoms with van der Waals surface area (Å²) in [4.78, 5) is 4.31. The maximum atomic E-state index is 6.31. The van der Waals surface area contributed by atoms with E-state index in [0.717, 1.165) is 18.0 Å². The van der Waals surface area contributed by atoms with Crippen LogP contribution < -0.4 is 10.5 Å². The standard InChI is InChI=1S/C15H20N4O/c1-10(2)19-15(17-9-18-19)8-12(16)14-7-11-5-3-4-6-13(11)20-14/h3-6,9-10,12,14H,7-8,16H2,1-2H3. The van der Waals surface area contributed by atoms with Gasteiger partial charge < -0.3 is 10.5 Å². The number of nitrogens with zero attached hydrogens (tertiary/aromatic N) is 3. The van der Waals surface area contributed by atoms with Gasteiger partial charge in [0.05, 0.1) is 0 Å². The number of nitrogens with two attached hydrogens (primary N) is 1. The molecule has 2 unspecified atom stereocenters. The molecule has 2 aromatic rings. The minimum Gasteiger partial charge on any atom is -0.488 e. The molecule has 2 N–H and O–H groups in total. The summed E-state index contributed by atoms with van der Waals surface area (Å²) in [6.07, 6.45) is 3.15. The molecular weight excluding hydrogens is 252 g/mol. The van der Waals surface area contributed by atoms with Crippen molar-refractivity contribution in [2.24, 2.45) is 5.73 Å². The van der Waals surface area contributed by atoms with Crippen molar-refractivity contribution < 1.29 is 4.74 Å². The summed E-state index contributed by atoms with van der Waals surface area (Å²) in [6.45, 7) is 4.18. The molecule has 5 nitrogen and oxygen atoms in total. The smallest absolute Gasteiger partial charge is 0.138 e. The normalized spacial score (nSPS) is 18.9. The quantitative estimate of drug-likeness (QED) is 0.920. The van der Waals surface area contributed by atoms with Crippen molar-refractivity contribution >= 4 is 0 Å². The van der Waals surface area contributed by atoms with Crippen molar-refractivity contribution in [2.45, 2.75) is 44.9 Å². The highest BCUT2D eigenvalue weighted by molar-refractivity contribution is 5.37. The molecule has 106 valence electrons. The Morgan fingerprint density at radius 1 is 1.40 bits per heavy atom. The van der Waals surface area contributed by atoms with Crippen LogP contribution in [-0.2, 0) is 12.8 Å². The predicted molar refractivity (Wildman–Crippen MR) is 76.6 cm³/mol. The van der Waals surface area contributed by atoms with Crippen LogP contribution in [0.4, 0.5) is 0 Å². The first kappa shape index (κ1) is 13.1. The fourth-order valence-corrected chi connectivity index (χ4v) is 2.64. The topological polar surface area (TPSA) is 66.0 Å². The van der Waals surface area contributed by atoms with E-state index in [1.165, 1.54) is 5.56 Å². The number of aromatic nitrogens is 3. The highest BCUT2D eigenvalue weighted by atomic mass is 16.5. The van der Waals surface area contributed by atoms with Crippen LogP contribution in [0.2, 0.25) is 0 Å². The molecule has 0 saturated carbocycles. The second-order valence-corrected chi connectivity index (χ2v) is 5.55. The van der Waals surface area contributed by atoms with Gasteiger partial charge >= 0.3 is 0 Å². The van der Waals surface area contributed by atoms with Crippen LogP contribution in [-0.4, -0.2) is 26.9 Å². The molecule has 1 aromatic heterocycles. The van der Waals surface area contributed by atoms with E-state index in [1.807, 2.05) is 22.9 Å². The summed E-state index contributed by atoms with van der Waals surface area (Å²) in [5.74, 6) is 1.88. The van der Waals surface area contributed by atoms with E-state index < -0.39 is 0 Å². The second-order valence-electron chi connectivity index (χ2n) is 5.55. The zero-order valence-electron chi connectivity index (χ0n) is 11.9. The monoisotopic (exact) mass is 272 g/mol. The van der Waals surface area contributed by atoms with Crippen LogP contribution in [0.15, 0.2) is 30.6 Å². The zero-order valence-corrected chi connectivity index (χ0v) is 11.9. The van der Waals surface area contributed by atoms with Gasteiger partial charge in [-0.25, -0.2) is 9.67 Å². The minimum absolute atomic E-state index is 0.0183. The first-order chi connectivity index (χ1) is 9.65. The van der Waals surface area contributed by atoms with Gasteiger partial charge in [0, 0.05) is 24.9 Å². The third-order valence-corrected chi connectivity index (χ3v) is 3.70. The highest BCUT2D eigenvalue weighted by Gasteiger charge is 2.29. The maximum Gasteiger partial charge on any atom is 0.138 e. The van der Waals surface area contributed by atoms with Crippen LogP contribution in [0, 0.1) is 0 Å². The lowest BCUT2D eigenvalue weighted by Crippen LogP contribution is -2.40. The Morgan fingerprint density at radius 3 is 2.95 bits per heavy atom. The molecule has 2 heterocycles. The van der Waals surface area contributed by atoms with Crippen LogP contribution in [0.3, 0.4) is 0 Å². The Morgan fingerprint density at radius 2 is 2.20 bits per heavy atom. The number of benzene rings is 1. The Balaban J connectivity index is 1.69. The van der Waals surface area contributed by atoms with E-state index in [-0.39, 0.29) is 12.1 Å². The Bertz CT molecular complexity index is 568. The maximum absolute atomic E-state index is 6.31. The molecule has 0 spiro atoms. The summed E-state index contributed by atoms with van der Waals surface area (Å²) < 4.78 is 7.85. The van der Waals surface area contributed by atoms with Gasteiger partial charge in [-0.3, -0.25) is 0 Å². The second kappa shape index (κ2) is 5.25. The summed E-state index contributed by atoms with van der Waals surface area (Å²) in [7, 11) is 0. The minimum atomic E-state index is -0.0795. The van der Waals surface area contributed by atoms with Crippen LogP contribution in [0.25, 0.3) is 0 Å². The van der Waals surface area contributed by atoms with Gasteiger partial charge in [0.2, 0.25) is 0 Å². The summed E-state index contributed by atoms with van der Waals surface area (Å²) in [5, 5.41) is 4.24. The Labute approximate surface area is 118 Å². The Kier molecular flexibility index (Phi) is 3.44. The molecule has 0 amide bonds. The first-order valence-electron chi connectivity index (χ1n) is 7.03. The van der Waals surface area contributed by atoms with Crippen molar-refractivity contribution in [1.29, 1.82) is 0 Å². The molecule has 0 radical (unpaired) electrons. The average Bonchev–Trinajstić information content (AvgIpc) is 3.03. The molecule has 0 fully saturated rings. The number of para-hydroxylation sites is 1. The number of hydrogen-bond donors (Lipinski definition) is 1. The molecular formula is C15H20N4O. The van der Waals surface area contributed by atoms with Crippen molar-refractivity contribution in [3.8, 4) is 5.75 Å². The van der Waals surface area contributed by atoms with E-state index in [9.17, 15) is 0 Å². The molecule has 0 saturated heterocycles. The number of ether oxygens (including phenoxy) is 1. The fraction of sp³-hybridized carbons (Fsp3) is 0.467. The van der Waals surface area contributed by atoms with E-state index in [0.29, 0.717) is 12.5 Å². The van der Waals surface area contributed by atoms with Gasteiger partial charge in [-0.2, -0.15) is 5.10 Å². The number of hydrogen-bond acceptors (Lipinski definition) is 4. The van der Waals surface area contributed by atoms with Gasteiger partial charge in [0.25, 0.3) is 0 Å². The molecule has 2 atom stereocenters. The molecule has 3 rings (SSSR count). The van der Waals surface area contributed by atoms with E-state index in [2.05, 4.69) is 30.0 Å². The lowest BCUT2D eigenvalue weighted by Gasteiger charge is -2.19. The Hall–Kier alpha value is -1.88. The van der Waals surface area contributed by atoms with Gasteiger partial charge in [-0.15, -0.1) is 0 Å². The van der Waals surface area contributed by atoms with Gasteiger partial charge in [0.1, 0.15) is 24.0 Å². The van der Waals surface area contributed by atoms with Crippen LogP contribution >= 0.6 is 0 Å². The lowest BCUT2D eigenvalue weighted by atomic mass is 10.0. The fourth-order valence-electron chi connectivity index (χ4n) is 2.64. The molecule has 0 bridgehead atoms. The van der Waals surface area contributed by atoms with E-state index in [1.54, 1.807) is 6.33 Å². The van der Waals surface area contributed by atoms with Crippen molar-refractivity contribution in [3.05, 3.63) is 42.0 Å². The molecule has 0 aliphatic carbocycles. The van der Waals surface area contributed by atoms with Crippen molar-refractivity contribution in [3.63, 3.8) is 0 Å². The van der Waals surface area contributed by atoms with Crippen LogP contribution in [0.1, 0.15) is 31.3 Å². The first-order valence-corrected chi connectivity index (χ1v) is 7.03. The molecule has 20 heavy (non-hydrogen) atoms. The molecule has 1 aromatic carbocycles. The lowest BCUT2D eigenvalue weighted by molar-refractivity contribution is 0.196. The molecule has 5 heteroatoms. The van der Waals surface area contributed by atoms with E-state index >= 15 is 0 Å². The third-order valence-electron chi connectivity index (χ3n) is 3.70. The highest BCUT2D eigenvalue weighted by Crippen LogP contribution is 2.29. The zero-order chi connectivity index (χ0) is 14.1. The van der Waals surface area contributed by atoms with Crippen molar-refractivity contribution in [2.75, 3.05) is 0 Å². The van der Waals surface area contributed by atoms with E-state index in [4.69, 9.17) is 10.5 Å². The summed E-state index contributed by atoms with van der Waals surface area (Å²) in [5.41, 5.74) is 7.55. The van der Waals surface area contributed by atoms with Gasteiger partial charge in [-0.1, -0.05) is 18.2 Å². The van der Waals surface area contributed by atoms with Gasteiger partial charge in [0.15, 0.2) is 0 Å².